The first kappa shape index (κ1) is 23.0. The predicted molar refractivity (Wildman–Crippen MR) is 111 cm³/mol. The van der Waals surface area contributed by atoms with Crippen LogP contribution in [-0.2, 0) is 9.53 Å². The Bertz CT molecular complexity index is 792. The van der Waals surface area contributed by atoms with E-state index in [1.165, 1.54) is 37.1 Å². The summed E-state index contributed by atoms with van der Waals surface area (Å²) in [5.41, 5.74) is -0.0168. The van der Waals surface area contributed by atoms with Gasteiger partial charge in [-0.05, 0) is 30.7 Å². The SMILES string of the molecule is CCCCCCOc1cccc(OCC(=O)OCCOc2ccc([N+](=O)[O-])cc2)c1. The highest BCUT2D eigenvalue weighted by Crippen LogP contribution is 2.20. The smallest absolute Gasteiger partial charge is 0.344 e. The number of carbonyl (C=O) groups excluding carboxylic acids is 1. The number of nitro groups is 1. The summed E-state index contributed by atoms with van der Waals surface area (Å²) >= 11 is 0. The minimum absolute atomic E-state index is 0.0168. The normalized spacial score (nSPS) is 10.3. The number of carbonyl (C=O) groups is 1. The molecule has 0 radical (unpaired) electrons. The zero-order chi connectivity index (χ0) is 21.6. The number of ether oxygens (including phenoxy) is 4. The largest absolute Gasteiger partial charge is 0.493 e. The molecule has 2 aromatic rings. The van der Waals surface area contributed by atoms with E-state index >= 15 is 0 Å². The van der Waals surface area contributed by atoms with Gasteiger partial charge >= 0.3 is 5.97 Å². The monoisotopic (exact) mass is 417 g/mol. The number of nitro benzene ring substituents is 1. The highest BCUT2D eigenvalue weighted by Gasteiger charge is 2.07. The second kappa shape index (κ2) is 13.0. The molecule has 8 nitrogen and oxygen atoms in total. The average Bonchev–Trinajstić information content (AvgIpc) is 2.76. The van der Waals surface area contributed by atoms with Crippen LogP contribution < -0.4 is 14.2 Å². The van der Waals surface area contributed by atoms with Crippen molar-refractivity contribution in [2.45, 2.75) is 32.6 Å². The summed E-state index contributed by atoms with van der Waals surface area (Å²) in [6, 6.07) is 12.8. The van der Waals surface area contributed by atoms with Crippen molar-refractivity contribution in [2.75, 3.05) is 26.4 Å². The third kappa shape index (κ3) is 8.81. The lowest BCUT2D eigenvalue weighted by atomic mass is 10.2. The van der Waals surface area contributed by atoms with Gasteiger partial charge in [-0.2, -0.15) is 0 Å². The number of hydrogen-bond acceptors (Lipinski definition) is 7. The van der Waals surface area contributed by atoms with Crippen molar-refractivity contribution in [1.29, 1.82) is 0 Å². The third-order valence-electron chi connectivity index (χ3n) is 4.09. The van der Waals surface area contributed by atoms with Gasteiger partial charge in [-0.1, -0.05) is 32.3 Å². The Labute approximate surface area is 175 Å². The van der Waals surface area contributed by atoms with Crippen LogP contribution in [-0.4, -0.2) is 37.3 Å². The summed E-state index contributed by atoms with van der Waals surface area (Å²) in [4.78, 5) is 21.9. The standard InChI is InChI=1S/C22H27NO7/c1-2-3-4-5-13-27-20-7-6-8-21(16-20)30-17-22(24)29-15-14-28-19-11-9-18(10-12-19)23(25)26/h6-12,16H,2-5,13-15,17H2,1H3. The van der Waals surface area contributed by atoms with E-state index in [1.54, 1.807) is 18.2 Å². The van der Waals surface area contributed by atoms with Crippen LogP contribution in [0.25, 0.3) is 0 Å². The lowest BCUT2D eigenvalue weighted by molar-refractivity contribution is -0.384. The first-order valence-corrected chi connectivity index (χ1v) is 9.97. The molecule has 0 saturated carbocycles. The maximum Gasteiger partial charge on any atom is 0.344 e. The van der Waals surface area contributed by atoms with Crippen LogP contribution in [0.2, 0.25) is 0 Å². The Morgan fingerprint density at radius 2 is 1.57 bits per heavy atom. The average molecular weight is 417 g/mol. The summed E-state index contributed by atoms with van der Waals surface area (Å²) in [5, 5.41) is 10.6. The van der Waals surface area contributed by atoms with Crippen LogP contribution in [0, 0.1) is 10.1 Å². The van der Waals surface area contributed by atoms with E-state index in [4.69, 9.17) is 18.9 Å². The lowest BCUT2D eigenvalue weighted by Gasteiger charge is -2.10. The molecule has 0 N–H and O–H groups in total. The number of non-ortho nitro benzene ring substituents is 1. The maximum absolute atomic E-state index is 11.8. The summed E-state index contributed by atoms with van der Waals surface area (Å²) in [7, 11) is 0. The molecule has 0 heterocycles. The molecule has 0 aliphatic carbocycles. The first-order chi connectivity index (χ1) is 14.6. The fraction of sp³-hybridized carbons (Fsp3) is 0.409. The number of nitrogens with zero attached hydrogens (tertiary/aromatic N) is 1. The van der Waals surface area contributed by atoms with E-state index in [-0.39, 0.29) is 25.5 Å². The van der Waals surface area contributed by atoms with Gasteiger partial charge in [0.15, 0.2) is 6.61 Å². The molecule has 0 saturated heterocycles. The number of esters is 1. The van der Waals surface area contributed by atoms with Gasteiger partial charge in [0.05, 0.1) is 11.5 Å². The van der Waals surface area contributed by atoms with Crippen molar-refractivity contribution in [3.8, 4) is 17.2 Å². The number of benzene rings is 2. The Hall–Kier alpha value is -3.29. The minimum Gasteiger partial charge on any atom is -0.493 e. The molecule has 0 amide bonds. The molecule has 162 valence electrons. The van der Waals surface area contributed by atoms with Crippen LogP contribution in [0.4, 0.5) is 5.69 Å². The van der Waals surface area contributed by atoms with Gasteiger partial charge in [-0.15, -0.1) is 0 Å². The Balaban J connectivity index is 1.62. The predicted octanol–water partition coefficient (Wildman–Crippen LogP) is 4.55. The Morgan fingerprint density at radius 1 is 0.867 bits per heavy atom. The lowest BCUT2D eigenvalue weighted by Crippen LogP contribution is -2.18. The van der Waals surface area contributed by atoms with Gasteiger partial charge in [0.2, 0.25) is 0 Å². The van der Waals surface area contributed by atoms with Crippen molar-refractivity contribution in [3.05, 3.63) is 58.6 Å². The number of rotatable bonds is 14. The molecule has 2 aromatic carbocycles. The molecular weight excluding hydrogens is 390 g/mol. The van der Waals surface area contributed by atoms with E-state index in [9.17, 15) is 14.9 Å². The van der Waals surface area contributed by atoms with Crippen LogP contribution in [0.15, 0.2) is 48.5 Å². The first-order valence-electron chi connectivity index (χ1n) is 9.97. The van der Waals surface area contributed by atoms with Crippen molar-refractivity contribution in [1.82, 2.24) is 0 Å². The molecule has 0 aliphatic rings. The van der Waals surface area contributed by atoms with Crippen LogP contribution >= 0.6 is 0 Å². The maximum atomic E-state index is 11.8. The van der Waals surface area contributed by atoms with Gasteiger partial charge in [0.25, 0.3) is 5.69 Å². The third-order valence-corrected chi connectivity index (χ3v) is 4.09. The molecule has 0 bridgehead atoms. The number of unbranched alkanes of at least 4 members (excludes halogenated alkanes) is 3. The van der Waals surface area contributed by atoms with Gasteiger partial charge in [-0.25, -0.2) is 4.79 Å². The molecule has 0 fully saturated rings. The van der Waals surface area contributed by atoms with Gasteiger partial charge in [0.1, 0.15) is 30.5 Å². The second-order valence-corrected chi connectivity index (χ2v) is 6.49. The molecular formula is C22H27NO7. The highest BCUT2D eigenvalue weighted by atomic mass is 16.6. The Kier molecular flexibility index (Phi) is 9.99. The van der Waals surface area contributed by atoms with Gasteiger partial charge < -0.3 is 18.9 Å². The summed E-state index contributed by atoms with van der Waals surface area (Å²) in [6.45, 7) is 2.77. The fourth-order valence-electron chi connectivity index (χ4n) is 2.54. The van der Waals surface area contributed by atoms with Gasteiger partial charge in [-0.3, -0.25) is 10.1 Å². The topological polar surface area (TPSA) is 97.1 Å². The van der Waals surface area contributed by atoms with E-state index in [2.05, 4.69) is 6.92 Å². The van der Waals surface area contributed by atoms with Crippen molar-refractivity contribution in [2.24, 2.45) is 0 Å². The van der Waals surface area contributed by atoms with Crippen molar-refractivity contribution in [3.63, 3.8) is 0 Å². The molecule has 0 aromatic heterocycles. The molecule has 2 rings (SSSR count). The minimum atomic E-state index is -0.520. The summed E-state index contributed by atoms with van der Waals surface area (Å²) in [6.07, 6.45) is 4.54. The molecule has 0 unspecified atom stereocenters. The van der Waals surface area contributed by atoms with E-state index in [0.717, 1.165) is 12.8 Å². The Morgan fingerprint density at radius 3 is 2.27 bits per heavy atom. The van der Waals surface area contributed by atoms with Crippen LogP contribution in [0.3, 0.4) is 0 Å². The molecule has 0 aliphatic heterocycles. The van der Waals surface area contributed by atoms with Crippen LogP contribution in [0.5, 0.6) is 17.2 Å². The van der Waals surface area contributed by atoms with Crippen molar-refractivity contribution >= 4 is 11.7 Å². The van der Waals surface area contributed by atoms with Crippen LogP contribution in [0.1, 0.15) is 32.6 Å². The molecule has 0 spiro atoms. The molecule has 0 atom stereocenters. The highest BCUT2D eigenvalue weighted by molar-refractivity contribution is 5.71. The van der Waals surface area contributed by atoms with E-state index < -0.39 is 10.9 Å². The number of hydrogen-bond donors (Lipinski definition) is 0. The molecule has 8 heteroatoms. The summed E-state index contributed by atoms with van der Waals surface area (Å²) < 4.78 is 21.6. The van der Waals surface area contributed by atoms with E-state index in [1.807, 2.05) is 6.07 Å². The molecule has 30 heavy (non-hydrogen) atoms. The van der Waals surface area contributed by atoms with Crippen molar-refractivity contribution < 1.29 is 28.7 Å². The second-order valence-electron chi connectivity index (χ2n) is 6.49. The quantitative estimate of drug-likeness (QED) is 0.192. The fourth-order valence-corrected chi connectivity index (χ4v) is 2.54. The summed E-state index contributed by atoms with van der Waals surface area (Å²) in [5.74, 6) is 1.17. The van der Waals surface area contributed by atoms with Gasteiger partial charge in [0, 0.05) is 18.2 Å². The zero-order valence-electron chi connectivity index (χ0n) is 17.1. The zero-order valence-corrected chi connectivity index (χ0v) is 17.1. The van der Waals surface area contributed by atoms with E-state index in [0.29, 0.717) is 23.9 Å².